The second kappa shape index (κ2) is 5.82. The first-order valence-corrected chi connectivity index (χ1v) is 6.25. The highest BCUT2D eigenvalue weighted by Crippen LogP contribution is 2.25. The average molecular weight is 248 g/mol. The maximum absolute atomic E-state index is 7.59. The van der Waals surface area contributed by atoms with Gasteiger partial charge in [-0.3, -0.25) is 10.4 Å². The van der Waals surface area contributed by atoms with Crippen LogP contribution in [0.15, 0.2) is 18.3 Å². The normalized spacial score (nSPS) is 19.8. The molecule has 2 heterocycles. The minimum Gasteiger partial charge on any atom is -0.384 e. The SMILES string of the molecule is COCC1CCCN(c2cccnc2C(=N)N)C1. The Morgan fingerprint density at radius 1 is 1.67 bits per heavy atom. The van der Waals surface area contributed by atoms with Crippen LogP contribution in [-0.4, -0.2) is 37.6 Å². The van der Waals surface area contributed by atoms with E-state index in [2.05, 4.69) is 9.88 Å². The van der Waals surface area contributed by atoms with Gasteiger partial charge in [0.2, 0.25) is 0 Å². The van der Waals surface area contributed by atoms with Crippen LogP contribution in [-0.2, 0) is 4.74 Å². The van der Waals surface area contributed by atoms with Crippen molar-refractivity contribution in [2.24, 2.45) is 11.7 Å². The largest absolute Gasteiger partial charge is 0.384 e. The van der Waals surface area contributed by atoms with E-state index in [1.807, 2.05) is 12.1 Å². The van der Waals surface area contributed by atoms with Crippen LogP contribution >= 0.6 is 0 Å². The van der Waals surface area contributed by atoms with Gasteiger partial charge in [0.1, 0.15) is 11.5 Å². The summed E-state index contributed by atoms with van der Waals surface area (Å²) < 4.78 is 5.23. The molecular weight excluding hydrogens is 228 g/mol. The van der Waals surface area contributed by atoms with Gasteiger partial charge in [-0.15, -0.1) is 0 Å². The Bertz CT molecular complexity index is 419. The molecule has 1 aromatic rings. The van der Waals surface area contributed by atoms with Gasteiger partial charge in [-0.2, -0.15) is 0 Å². The van der Waals surface area contributed by atoms with Crippen LogP contribution in [0.2, 0.25) is 0 Å². The molecule has 1 aromatic heterocycles. The van der Waals surface area contributed by atoms with E-state index in [0.29, 0.717) is 11.6 Å². The fourth-order valence-corrected chi connectivity index (χ4v) is 2.52. The molecule has 0 radical (unpaired) electrons. The molecule has 1 aliphatic rings. The second-order valence-corrected chi connectivity index (χ2v) is 4.69. The molecule has 1 fully saturated rings. The second-order valence-electron chi connectivity index (χ2n) is 4.69. The van der Waals surface area contributed by atoms with Crippen LogP contribution < -0.4 is 10.6 Å². The Kier molecular flexibility index (Phi) is 4.15. The third-order valence-corrected chi connectivity index (χ3v) is 3.30. The minimum absolute atomic E-state index is 0.0273. The van der Waals surface area contributed by atoms with Crippen molar-refractivity contribution in [1.82, 2.24) is 4.98 Å². The van der Waals surface area contributed by atoms with Gasteiger partial charge in [0, 0.05) is 26.4 Å². The third kappa shape index (κ3) is 2.79. The smallest absolute Gasteiger partial charge is 0.143 e. The molecule has 0 aliphatic carbocycles. The number of nitrogens with zero attached hydrogens (tertiary/aromatic N) is 2. The molecule has 0 saturated carbocycles. The Morgan fingerprint density at radius 3 is 3.22 bits per heavy atom. The summed E-state index contributed by atoms with van der Waals surface area (Å²) in [5.41, 5.74) is 7.13. The highest BCUT2D eigenvalue weighted by atomic mass is 16.5. The van der Waals surface area contributed by atoms with Gasteiger partial charge >= 0.3 is 0 Å². The van der Waals surface area contributed by atoms with Crippen molar-refractivity contribution >= 4 is 11.5 Å². The van der Waals surface area contributed by atoms with Gasteiger partial charge in [0.15, 0.2) is 0 Å². The molecule has 3 N–H and O–H groups in total. The van der Waals surface area contributed by atoms with Crippen LogP contribution in [0.25, 0.3) is 0 Å². The van der Waals surface area contributed by atoms with Crippen molar-refractivity contribution in [3.63, 3.8) is 0 Å². The van der Waals surface area contributed by atoms with Gasteiger partial charge in [-0.25, -0.2) is 0 Å². The molecule has 98 valence electrons. The predicted octanol–water partition coefficient (Wildman–Crippen LogP) is 1.23. The van der Waals surface area contributed by atoms with Gasteiger partial charge in [0.05, 0.1) is 12.3 Å². The first-order chi connectivity index (χ1) is 8.72. The number of nitrogen functional groups attached to an aromatic ring is 1. The Balaban J connectivity index is 2.18. The van der Waals surface area contributed by atoms with E-state index in [4.69, 9.17) is 15.9 Å². The minimum atomic E-state index is 0.0273. The molecule has 2 rings (SSSR count). The maximum atomic E-state index is 7.59. The maximum Gasteiger partial charge on any atom is 0.143 e. The van der Waals surface area contributed by atoms with E-state index in [0.717, 1.165) is 31.8 Å². The van der Waals surface area contributed by atoms with Gasteiger partial charge in [-0.1, -0.05) is 0 Å². The van der Waals surface area contributed by atoms with Crippen LogP contribution in [0.4, 0.5) is 5.69 Å². The van der Waals surface area contributed by atoms with Crippen LogP contribution in [0.5, 0.6) is 0 Å². The fourth-order valence-electron chi connectivity index (χ4n) is 2.52. The Hall–Kier alpha value is -1.62. The lowest BCUT2D eigenvalue weighted by atomic mass is 9.98. The molecule has 0 spiro atoms. The lowest BCUT2D eigenvalue weighted by molar-refractivity contribution is 0.143. The molecule has 18 heavy (non-hydrogen) atoms. The van der Waals surface area contributed by atoms with Gasteiger partial charge < -0.3 is 15.4 Å². The number of methoxy groups -OCH3 is 1. The third-order valence-electron chi connectivity index (χ3n) is 3.30. The standard InChI is InChI=1S/C13H20N4O/c1-18-9-10-4-3-7-17(8-10)11-5-2-6-16-12(11)13(14)15/h2,5-6,10H,3-4,7-9H2,1H3,(H3,14,15). The van der Waals surface area contributed by atoms with Crippen LogP contribution in [0, 0.1) is 11.3 Å². The van der Waals surface area contributed by atoms with E-state index in [1.54, 1.807) is 13.3 Å². The summed E-state index contributed by atoms with van der Waals surface area (Å²) in [6, 6.07) is 3.88. The van der Waals surface area contributed by atoms with Crippen molar-refractivity contribution in [2.75, 3.05) is 31.7 Å². The molecule has 5 heteroatoms. The van der Waals surface area contributed by atoms with Crippen molar-refractivity contribution in [2.45, 2.75) is 12.8 Å². The van der Waals surface area contributed by atoms with E-state index < -0.39 is 0 Å². The zero-order valence-electron chi connectivity index (χ0n) is 10.7. The molecule has 1 aliphatic heterocycles. The van der Waals surface area contributed by atoms with E-state index in [9.17, 15) is 0 Å². The van der Waals surface area contributed by atoms with E-state index >= 15 is 0 Å². The summed E-state index contributed by atoms with van der Waals surface area (Å²) >= 11 is 0. The predicted molar refractivity (Wildman–Crippen MR) is 72.1 cm³/mol. The average Bonchev–Trinajstić information content (AvgIpc) is 2.39. The number of amidine groups is 1. The molecule has 0 aromatic carbocycles. The highest BCUT2D eigenvalue weighted by Gasteiger charge is 2.22. The number of piperidine rings is 1. The highest BCUT2D eigenvalue weighted by molar-refractivity contribution is 5.98. The van der Waals surface area contributed by atoms with Crippen LogP contribution in [0.1, 0.15) is 18.5 Å². The van der Waals surface area contributed by atoms with Crippen molar-refractivity contribution in [3.05, 3.63) is 24.0 Å². The molecule has 0 amide bonds. The molecule has 0 bridgehead atoms. The topological polar surface area (TPSA) is 75.2 Å². The first-order valence-electron chi connectivity index (χ1n) is 6.25. The summed E-state index contributed by atoms with van der Waals surface area (Å²) in [5.74, 6) is 0.572. The summed E-state index contributed by atoms with van der Waals surface area (Å²) in [6.07, 6.45) is 4.01. The zero-order valence-corrected chi connectivity index (χ0v) is 10.7. The van der Waals surface area contributed by atoms with Crippen molar-refractivity contribution < 1.29 is 4.74 Å². The van der Waals surface area contributed by atoms with E-state index in [1.165, 1.54) is 6.42 Å². The molecular formula is C13H20N4O. The van der Waals surface area contributed by atoms with Gasteiger partial charge in [-0.05, 0) is 30.9 Å². The summed E-state index contributed by atoms with van der Waals surface area (Å²) in [7, 11) is 1.74. The van der Waals surface area contributed by atoms with Crippen molar-refractivity contribution in [3.8, 4) is 0 Å². The lowest BCUT2D eigenvalue weighted by Crippen LogP contribution is -2.38. The zero-order chi connectivity index (χ0) is 13.0. The Labute approximate surface area is 107 Å². The fraction of sp³-hybridized carbons (Fsp3) is 0.538. The molecule has 5 nitrogen and oxygen atoms in total. The number of pyridine rings is 1. The number of aromatic nitrogens is 1. The quantitative estimate of drug-likeness (QED) is 0.620. The van der Waals surface area contributed by atoms with Gasteiger partial charge in [0.25, 0.3) is 0 Å². The Morgan fingerprint density at radius 2 is 2.50 bits per heavy atom. The molecule has 1 atom stereocenters. The number of nitrogens with two attached hydrogens (primary N) is 1. The number of rotatable bonds is 4. The number of hydrogen-bond donors (Lipinski definition) is 2. The number of hydrogen-bond acceptors (Lipinski definition) is 4. The van der Waals surface area contributed by atoms with Crippen molar-refractivity contribution in [1.29, 1.82) is 5.41 Å². The molecule has 1 saturated heterocycles. The number of nitrogens with one attached hydrogen (secondary N) is 1. The summed E-state index contributed by atoms with van der Waals surface area (Å²) in [6.45, 7) is 2.72. The number of anilines is 1. The van der Waals surface area contributed by atoms with Crippen LogP contribution in [0.3, 0.4) is 0 Å². The monoisotopic (exact) mass is 248 g/mol. The first kappa shape index (κ1) is 12.8. The summed E-state index contributed by atoms with van der Waals surface area (Å²) in [4.78, 5) is 6.46. The summed E-state index contributed by atoms with van der Waals surface area (Å²) in [5, 5.41) is 7.59. The molecule has 1 unspecified atom stereocenters. The lowest BCUT2D eigenvalue weighted by Gasteiger charge is -2.34. The van der Waals surface area contributed by atoms with E-state index in [-0.39, 0.29) is 5.84 Å². The number of ether oxygens (including phenoxy) is 1.